The Kier molecular flexibility index (Phi) is 11.7. The van der Waals surface area contributed by atoms with Crippen molar-refractivity contribution in [3.8, 4) is 5.75 Å². The lowest BCUT2D eigenvalue weighted by Crippen LogP contribution is -2.44. The zero-order valence-corrected chi connectivity index (χ0v) is 25.3. The van der Waals surface area contributed by atoms with Crippen molar-refractivity contribution in [2.75, 3.05) is 14.2 Å². The average molecular weight is 609 g/mol. The molecule has 4 N–H and O–H groups in total. The Labute approximate surface area is 237 Å². The van der Waals surface area contributed by atoms with Crippen LogP contribution in [0.5, 0.6) is 5.75 Å². The van der Waals surface area contributed by atoms with Gasteiger partial charge < -0.3 is 24.6 Å². The standard InChI is InChI=1S/C24H32FN2O8P.CH3FO.CH4O/c1-22(2,3)14-11-15(23(4,5)6)20-13(19(14)25)12-32-36(34-20)35-24(30,31)16-7-8-18(33-16)27-10-9-17(28)26-21(27)29;1-3-2;1-2/h9-11,16,18,30-31H,7-8,12H2,1-6H3,(H,26,28,29);1H3;2H,1H3. The van der Waals surface area contributed by atoms with Crippen LogP contribution in [0, 0.1) is 5.82 Å². The van der Waals surface area contributed by atoms with Gasteiger partial charge in [0.1, 0.15) is 23.9 Å². The van der Waals surface area contributed by atoms with Crippen LogP contribution in [0.2, 0.25) is 0 Å². The molecule has 1 fully saturated rings. The molecule has 4 rings (SSSR count). The number of aromatic amines is 1. The summed E-state index contributed by atoms with van der Waals surface area (Å²) in [4.78, 5) is 28.2. The predicted molar refractivity (Wildman–Crippen MR) is 145 cm³/mol. The van der Waals surface area contributed by atoms with E-state index in [2.05, 4.69) is 9.93 Å². The SMILES string of the molecule is CC(C)(C)c1cc(C(C)(C)C)c2c(c1F)COP(OC(O)(O)C1CCC(n3ccc(=O)[nH]c3=O)O1)O2.CO.COF. The fraction of sp³-hybridized carbons (Fsp3) is 0.615. The normalized spacial score (nSPS) is 20.7. The smallest absolute Gasteiger partial charge is 0.402 e. The number of nitrogens with zero attached hydrogens (tertiary/aromatic N) is 1. The zero-order valence-electron chi connectivity index (χ0n) is 24.4. The Morgan fingerprint density at radius 2 is 1.66 bits per heavy atom. The van der Waals surface area contributed by atoms with Crippen LogP contribution in [0.1, 0.15) is 77.3 Å². The molecule has 232 valence electrons. The second-order valence-electron chi connectivity index (χ2n) is 11.3. The molecule has 2 aliphatic rings. The number of fused-ring (bicyclic) bond motifs is 1. The van der Waals surface area contributed by atoms with Gasteiger partial charge in [0.25, 0.3) is 5.56 Å². The number of aliphatic hydroxyl groups excluding tert-OH is 1. The number of aliphatic hydroxyl groups is 3. The lowest BCUT2D eigenvalue weighted by molar-refractivity contribution is -0.346. The van der Waals surface area contributed by atoms with Gasteiger partial charge in [-0.1, -0.05) is 41.5 Å². The summed E-state index contributed by atoms with van der Waals surface area (Å²) in [6.07, 6.45) is -0.394. The van der Waals surface area contributed by atoms with Crippen molar-refractivity contribution in [3.63, 3.8) is 0 Å². The van der Waals surface area contributed by atoms with Gasteiger partial charge in [0.05, 0.1) is 19.3 Å². The fourth-order valence-corrected chi connectivity index (χ4v) is 5.29. The molecular formula is C26H39F2N2O10P. The third kappa shape index (κ3) is 8.39. The van der Waals surface area contributed by atoms with Crippen molar-refractivity contribution in [1.29, 1.82) is 0 Å². The summed E-state index contributed by atoms with van der Waals surface area (Å²) in [7, 11) is -0.359. The largest absolute Gasteiger partial charge is 0.426 e. The van der Waals surface area contributed by atoms with Gasteiger partial charge in [0, 0.05) is 24.9 Å². The van der Waals surface area contributed by atoms with Crippen LogP contribution in [0.15, 0.2) is 27.9 Å². The maximum absolute atomic E-state index is 15.4. The molecule has 2 aliphatic heterocycles. The molecule has 0 aliphatic carbocycles. The molecule has 1 saturated heterocycles. The molecule has 3 atom stereocenters. The fourth-order valence-electron chi connectivity index (χ4n) is 4.22. The quantitative estimate of drug-likeness (QED) is 0.298. The van der Waals surface area contributed by atoms with Gasteiger partial charge in [-0.15, -0.1) is 0 Å². The van der Waals surface area contributed by atoms with E-state index in [0.29, 0.717) is 5.56 Å². The number of halogens is 2. The highest BCUT2D eigenvalue weighted by Crippen LogP contribution is 2.54. The summed E-state index contributed by atoms with van der Waals surface area (Å²) >= 11 is 0. The molecular weight excluding hydrogens is 569 g/mol. The highest BCUT2D eigenvalue weighted by Gasteiger charge is 2.47. The van der Waals surface area contributed by atoms with Gasteiger partial charge >= 0.3 is 20.3 Å². The monoisotopic (exact) mass is 608 g/mol. The number of nitrogens with one attached hydrogen (secondary N) is 1. The summed E-state index contributed by atoms with van der Waals surface area (Å²) in [5, 5.41) is 28.3. The van der Waals surface area contributed by atoms with Crippen LogP contribution >= 0.6 is 8.60 Å². The van der Waals surface area contributed by atoms with E-state index in [4.69, 9.17) is 23.4 Å². The highest BCUT2D eigenvalue weighted by molar-refractivity contribution is 7.42. The van der Waals surface area contributed by atoms with Crippen LogP contribution in [0.4, 0.5) is 8.92 Å². The minimum absolute atomic E-state index is 0.139. The highest BCUT2D eigenvalue weighted by atomic mass is 31.2. The molecule has 3 heterocycles. The van der Waals surface area contributed by atoms with E-state index in [9.17, 15) is 24.3 Å². The minimum Gasteiger partial charge on any atom is -0.426 e. The second kappa shape index (κ2) is 13.8. The summed E-state index contributed by atoms with van der Waals surface area (Å²) in [6, 6.07) is 2.95. The first-order valence-electron chi connectivity index (χ1n) is 12.7. The average Bonchev–Trinajstić information content (AvgIpc) is 3.35. The number of benzene rings is 1. The molecule has 0 bridgehead atoms. The Hall–Kier alpha value is -2.29. The lowest BCUT2D eigenvalue weighted by atomic mass is 9.78. The van der Waals surface area contributed by atoms with E-state index in [-0.39, 0.29) is 30.8 Å². The number of aromatic nitrogens is 2. The molecule has 0 radical (unpaired) electrons. The predicted octanol–water partition coefficient (Wildman–Crippen LogP) is 3.57. The molecule has 0 saturated carbocycles. The number of ether oxygens (including phenoxy) is 1. The van der Waals surface area contributed by atoms with Crippen LogP contribution in [0.3, 0.4) is 0 Å². The zero-order chi connectivity index (χ0) is 31.3. The molecule has 1 aromatic carbocycles. The summed E-state index contributed by atoms with van der Waals surface area (Å²) in [5.41, 5.74) is -0.549. The van der Waals surface area contributed by atoms with Gasteiger partial charge in [-0.25, -0.2) is 13.7 Å². The van der Waals surface area contributed by atoms with Gasteiger partial charge in [0.15, 0.2) is 0 Å². The summed E-state index contributed by atoms with van der Waals surface area (Å²) < 4.78 is 48.9. The molecule has 1 aromatic heterocycles. The van der Waals surface area contributed by atoms with Crippen molar-refractivity contribution < 1.29 is 47.5 Å². The van der Waals surface area contributed by atoms with Crippen molar-refractivity contribution in [1.82, 2.24) is 9.55 Å². The third-order valence-electron chi connectivity index (χ3n) is 6.19. The van der Waals surface area contributed by atoms with Gasteiger partial charge in [-0.3, -0.25) is 18.9 Å². The lowest BCUT2D eigenvalue weighted by Gasteiger charge is -2.35. The van der Waals surface area contributed by atoms with Crippen LogP contribution in [-0.2, 0) is 36.2 Å². The van der Waals surface area contributed by atoms with Crippen molar-refractivity contribution in [3.05, 3.63) is 61.7 Å². The van der Waals surface area contributed by atoms with Crippen molar-refractivity contribution in [2.45, 2.75) is 90.1 Å². The van der Waals surface area contributed by atoms with E-state index >= 15 is 4.39 Å². The molecule has 3 unspecified atom stereocenters. The van der Waals surface area contributed by atoms with Crippen LogP contribution in [-0.4, -0.2) is 51.2 Å². The molecule has 2 aromatic rings. The Bertz CT molecular complexity index is 1290. The van der Waals surface area contributed by atoms with E-state index in [1.807, 2.05) is 41.5 Å². The van der Waals surface area contributed by atoms with Crippen LogP contribution in [0.25, 0.3) is 0 Å². The van der Waals surface area contributed by atoms with Crippen molar-refractivity contribution in [2.24, 2.45) is 0 Å². The van der Waals surface area contributed by atoms with E-state index in [0.717, 1.165) is 24.4 Å². The first kappa shape index (κ1) is 34.9. The van der Waals surface area contributed by atoms with Crippen molar-refractivity contribution >= 4 is 8.60 Å². The Morgan fingerprint density at radius 3 is 2.20 bits per heavy atom. The topological polar surface area (TPSA) is 162 Å². The van der Waals surface area contributed by atoms with E-state index < -0.39 is 54.8 Å². The molecule has 0 spiro atoms. The van der Waals surface area contributed by atoms with Gasteiger partial charge in [0.2, 0.25) is 0 Å². The maximum Gasteiger partial charge on any atom is 0.402 e. The second-order valence-corrected chi connectivity index (χ2v) is 12.3. The third-order valence-corrected chi connectivity index (χ3v) is 7.28. The molecule has 15 heteroatoms. The summed E-state index contributed by atoms with van der Waals surface area (Å²) in [6.45, 7) is 11.5. The van der Waals surface area contributed by atoms with Gasteiger partial charge in [-0.2, -0.15) is 4.94 Å². The maximum atomic E-state index is 15.4. The number of hydrogen-bond acceptors (Lipinski definition) is 10. The van der Waals surface area contributed by atoms with E-state index in [1.54, 1.807) is 6.07 Å². The number of rotatable bonds is 4. The first-order chi connectivity index (χ1) is 19.0. The minimum atomic E-state index is -2.81. The van der Waals surface area contributed by atoms with E-state index in [1.165, 1.54) is 12.3 Å². The number of H-pyrrole nitrogens is 1. The Morgan fingerprint density at radius 1 is 1.07 bits per heavy atom. The Balaban J connectivity index is 0.00000110. The molecule has 41 heavy (non-hydrogen) atoms. The summed E-state index contributed by atoms with van der Waals surface area (Å²) in [5.74, 6) is -2.96. The van der Waals surface area contributed by atoms with Crippen LogP contribution < -0.4 is 15.8 Å². The molecule has 0 amide bonds. The first-order valence-corrected chi connectivity index (χ1v) is 13.8. The van der Waals surface area contributed by atoms with Gasteiger partial charge in [-0.05, 0) is 39.8 Å². The number of hydrogen-bond donors (Lipinski definition) is 4. The molecule has 12 nitrogen and oxygen atoms in total.